The number of ketones is 3. The van der Waals surface area contributed by atoms with Crippen LogP contribution in [0, 0.1) is 34.0 Å². The summed E-state index contributed by atoms with van der Waals surface area (Å²) in [7, 11) is 8.42. The highest BCUT2D eigenvalue weighted by Gasteiger charge is 2.45. The van der Waals surface area contributed by atoms with Crippen molar-refractivity contribution in [2.24, 2.45) is 34.0 Å². The molecule has 436 valence electrons. The van der Waals surface area contributed by atoms with Gasteiger partial charge in [0.15, 0.2) is 0 Å². The maximum atomic E-state index is 13.1. The first-order valence-corrected chi connectivity index (χ1v) is 29.7. The number of hydrogen-bond donors (Lipinski definition) is 0. The third-order valence-corrected chi connectivity index (χ3v) is 17.4. The van der Waals surface area contributed by atoms with Crippen molar-refractivity contribution in [3.05, 3.63) is 0 Å². The first-order valence-electron chi connectivity index (χ1n) is 29.7. The molecule has 0 unspecified atom stereocenters. The van der Waals surface area contributed by atoms with Crippen LogP contribution in [-0.4, -0.2) is 229 Å². The highest BCUT2D eigenvalue weighted by molar-refractivity contribution is 5.86. The summed E-state index contributed by atoms with van der Waals surface area (Å²) in [6.45, 7) is 44.3. The SMILES string of the molecule is C.CC(C)CCC(=O)C1(CN2CC(N(C)C)C2)CCN(C(C)C)CC1.CC(C)CCC(=O)C1(COCCN(C)C)CCN(C(C)C)CC1.CC(C)CCC(=O)C1(COCCN2CCOCC2)CCN(C(C)C)CC1. The van der Waals surface area contributed by atoms with Crippen molar-refractivity contribution < 1.29 is 28.6 Å². The first-order chi connectivity index (χ1) is 34.4. The molecule has 0 aromatic rings. The Balaban J connectivity index is 0.000000378. The lowest BCUT2D eigenvalue weighted by atomic mass is 9.72. The van der Waals surface area contributed by atoms with Crippen LogP contribution in [0.2, 0.25) is 0 Å². The van der Waals surface area contributed by atoms with E-state index in [9.17, 15) is 14.4 Å². The Kier molecular flexibility index (Phi) is 32.1. The van der Waals surface area contributed by atoms with Gasteiger partial charge in [-0.2, -0.15) is 0 Å². The number of morpholine rings is 1. The highest BCUT2D eigenvalue weighted by Crippen LogP contribution is 2.39. The van der Waals surface area contributed by atoms with Crippen molar-refractivity contribution >= 4 is 17.3 Å². The van der Waals surface area contributed by atoms with Crippen LogP contribution in [0.3, 0.4) is 0 Å². The molecule has 0 radical (unpaired) electrons. The van der Waals surface area contributed by atoms with Gasteiger partial charge in [0.25, 0.3) is 0 Å². The van der Waals surface area contributed by atoms with Gasteiger partial charge in [0.1, 0.15) is 17.3 Å². The lowest BCUT2D eigenvalue weighted by Crippen LogP contribution is -2.61. The standard InChI is InChI=1S/C21H40N2O3.C20H39N3O.C19H38N2O2.CH4/c1-18(2)5-6-20(24)21(7-9-23(10-8-21)19(3)4)17-26-16-13-22-11-14-25-15-12-22;1-16(2)7-8-19(24)20(9-11-23(12-10-20)17(3)4)15-22-13-18(14-22)21(5)6;1-16(2)7-8-18(22)19(15-23-14-13-20(5)6)9-11-21(12-10-19)17(3)4;/h18-19H,5-17H2,1-4H3;16-18H,7-15H2,1-6H3;16-17H,7-15H2,1-6H3;1H4. The lowest BCUT2D eigenvalue weighted by molar-refractivity contribution is -0.138. The highest BCUT2D eigenvalue weighted by atomic mass is 16.5. The Morgan fingerprint density at radius 3 is 1.20 bits per heavy atom. The van der Waals surface area contributed by atoms with Gasteiger partial charge in [-0.15, -0.1) is 0 Å². The quantitative estimate of drug-likeness (QED) is 0.0697. The summed E-state index contributed by atoms with van der Waals surface area (Å²) in [5.41, 5.74) is -0.588. The summed E-state index contributed by atoms with van der Waals surface area (Å²) >= 11 is 0. The van der Waals surface area contributed by atoms with Crippen molar-refractivity contribution in [3.63, 3.8) is 0 Å². The van der Waals surface area contributed by atoms with Gasteiger partial charge in [-0.1, -0.05) is 49.0 Å². The first kappa shape index (κ1) is 68.7. The molecule has 5 fully saturated rings. The number of nitrogens with zero attached hydrogens (tertiary/aromatic N) is 7. The second-order valence-electron chi connectivity index (χ2n) is 26.0. The fourth-order valence-corrected chi connectivity index (χ4v) is 11.2. The molecule has 0 N–H and O–H groups in total. The predicted molar refractivity (Wildman–Crippen MR) is 310 cm³/mol. The zero-order valence-corrected chi connectivity index (χ0v) is 50.5. The van der Waals surface area contributed by atoms with Crippen LogP contribution in [0.5, 0.6) is 0 Å². The van der Waals surface area contributed by atoms with Crippen molar-refractivity contribution in [3.8, 4) is 0 Å². The number of ether oxygens (including phenoxy) is 3. The van der Waals surface area contributed by atoms with E-state index >= 15 is 0 Å². The van der Waals surface area contributed by atoms with E-state index in [0.29, 0.717) is 98.5 Å². The average molecular weight is 1050 g/mol. The molecule has 5 aliphatic rings. The van der Waals surface area contributed by atoms with Crippen LogP contribution in [0.15, 0.2) is 0 Å². The number of piperidine rings is 3. The van der Waals surface area contributed by atoms with Gasteiger partial charge in [-0.05, 0) is 185 Å². The molecule has 0 amide bonds. The summed E-state index contributed by atoms with van der Waals surface area (Å²) < 4.78 is 17.4. The molecule has 0 saturated carbocycles. The Morgan fingerprint density at radius 2 is 0.865 bits per heavy atom. The Labute approximate surface area is 457 Å². The summed E-state index contributed by atoms with van der Waals surface area (Å²) in [4.78, 5) is 56.0. The molecule has 0 spiro atoms. The smallest absolute Gasteiger partial charge is 0.141 e. The van der Waals surface area contributed by atoms with E-state index in [4.69, 9.17) is 14.2 Å². The molecular formula is C61H121N7O6. The van der Waals surface area contributed by atoms with E-state index in [1.807, 2.05) is 14.1 Å². The molecule has 0 aliphatic carbocycles. The van der Waals surface area contributed by atoms with Gasteiger partial charge in [-0.25, -0.2) is 0 Å². The second-order valence-corrected chi connectivity index (χ2v) is 26.0. The molecular weight excluding hydrogens is 927 g/mol. The van der Waals surface area contributed by atoms with Gasteiger partial charge >= 0.3 is 0 Å². The minimum absolute atomic E-state index is 0. The Hall–Kier alpha value is -1.39. The number of Topliss-reactive ketones (excluding diaryl/α,β-unsaturated/α-hetero) is 3. The van der Waals surface area contributed by atoms with Crippen LogP contribution in [0.4, 0.5) is 0 Å². The fourth-order valence-electron chi connectivity index (χ4n) is 11.2. The van der Waals surface area contributed by atoms with Gasteiger partial charge in [0.2, 0.25) is 0 Å². The van der Waals surface area contributed by atoms with Crippen LogP contribution in [-0.2, 0) is 28.6 Å². The van der Waals surface area contributed by atoms with E-state index in [0.717, 1.165) is 163 Å². The molecule has 0 atom stereocenters. The maximum absolute atomic E-state index is 13.1. The summed E-state index contributed by atoms with van der Waals surface area (Å²) in [5, 5.41) is 0. The molecule has 0 aromatic heterocycles. The van der Waals surface area contributed by atoms with Crippen molar-refractivity contribution in [2.75, 3.05) is 153 Å². The number of likely N-dealkylation sites (N-methyl/N-ethyl adjacent to an activating group) is 2. The molecule has 13 nitrogen and oxygen atoms in total. The largest absolute Gasteiger partial charge is 0.379 e. The molecule has 5 saturated heterocycles. The second kappa shape index (κ2) is 34.6. The van der Waals surface area contributed by atoms with E-state index in [1.54, 1.807) is 0 Å². The summed E-state index contributed by atoms with van der Waals surface area (Å²) in [6.07, 6.45) is 11.1. The average Bonchev–Trinajstić information content (AvgIpc) is 3.33. The molecule has 13 heteroatoms. The zero-order chi connectivity index (χ0) is 54.4. The van der Waals surface area contributed by atoms with Crippen molar-refractivity contribution in [1.29, 1.82) is 0 Å². The van der Waals surface area contributed by atoms with Crippen molar-refractivity contribution in [1.82, 2.24) is 34.3 Å². The van der Waals surface area contributed by atoms with Crippen LogP contribution in [0.25, 0.3) is 0 Å². The zero-order valence-electron chi connectivity index (χ0n) is 50.5. The molecule has 0 aromatic carbocycles. The fraction of sp³-hybridized carbons (Fsp3) is 0.951. The summed E-state index contributed by atoms with van der Waals surface area (Å²) in [6, 6.07) is 2.38. The summed E-state index contributed by atoms with van der Waals surface area (Å²) in [5.74, 6) is 3.17. The van der Waals surface area contributed by atoms with E-state index in [2.05, 4.69) is 131 Å². The number of likely N-dealkylation sites (tertiary alicyclic amines) is 4. The maximum Gasteiger partial charge on any atom is 0.141 e. The third-order valence-electron chi connectivity index (χ3n) is 17.4. The molecule has 74 heavy (non-hydrogen) atoms. The van der Waals surface area contributed by atoms with Gasteiger partial charge in [-0.3, -0.25) is 24.2 Å². The van der Waals surface area contributed by atoms with Gasteiger partial charge in [0, 0.05) is 94.7 Å². The van der Waals surface area contributed by atoms with Gasteiger partial charge in [0.05, 0.1) is 50.5 Å². The van der Waals surface area contributed by atoms with E-state index in [-0.39, 0.29) is 23.7 Å². The molecule has 5 heterocycles. The number of carbonyl (C=O) groups excluding carboxylic acids is 3. The van der Waals surface area contributed by atoms with E-state index < -0.39 is 0 Å². The predicted octanol–water partition coefficient (Wildman–Crippen LogP) is 9.26. The van der Waals surface area contributed by atoms with Gasteiger partial charge < -0.3 is 38.7 Å². The monoisotopic (exact) mass is 1050 g/mol. The third kappa shape index (κ3) is 23.5. The number of rotatable bonds is 28. The Morgan fingerprint density at radius 1 is 0.514 bits per heavy atom. The minimum Gasteiger partial charge on any atom is -0.379 e. The van der Waals surface area contributed by atoms with E-state index in [1.165, 1.54) is 0 Å². The molecule has 5 rings (SSSR count). The topological polar surface area (TPSA) is 102 Å². The number of hydrogen-bond acceptors (Lipinski definition) is 13. The molecule has 5 aliphatic heterocycles. The minimum atomic E-state index is -0.259. The van der Waals surface area contributed by atoms with Crippen LogP contribution < -0.4 is 0 Å². The van der Waals surface area contributed by atoms with Crippen LogP contribution >= 0.6 is 0 Å². The number of carbonyl (C=O) groups is 3. The molecule has 0 bridgehead atoms. The van der Waals surface area contributed by atoms with Crippen molar-refractivity contribution in [2.45, 2.75) is 192 Å². The normalized spacial score (nSPS) is 21.2. The van der Waals surface area contributed by atoms with Crippen LogP contribution in [0.1, 0.15) is 168 Å². The Bertz CT molecular complexity index is 1520. The lowest BCUT2D eigenvalue weighted by Gasteiger charge is -2.50.